The molecule has 0 fully saturated rings. The smallest absolute Gasteiger partial charge is 0.407 e. The van der Waals surface area contributed by atoms with Gasteiger partial charge in [0.1, 0.15) is 5.60 Å². The predicted molar refractivity (Wildman–Crippen MR) is 92.6 cm³/mol. The molecule has 0 aliphatic rings. The van der Waals surface area contributed by atoms with Gasteiger partial charge in [0, 0.05) is 11.6 Å². The lowest BCUT2D eigenvalue weighted by Gasteiger charge is -2.25. The Balaban J connectivity index is 2.83. The van der Waals surface area contributed by atoms with E-state index in [9.17, 15) is 13.2 Å². The third-order valence-corrected chi connectivity index (χ3v) is 4.24. The topological polar surface area (TPSA) is 75.7 Å². The van der Waals surface area contributed by atoms with Crippen LogP contribution in [0.15, 0.2) is 18.2 Å². The van der Waals surface area contributed by atoms with Crippen LogP contribution in [0.1, 0.15) is 26.3 Å². The summed E-state index contributed by atoms with van der Waals surface area (Å²) >= 11 is 5.96. The minimum absolute atomic E-state index is 0.0826. The maximum Gasteiger partial charge on any atom is 0.407 e. The molecular weight excluding hydrogens is 340 g/mol. The summed E-state index contributed by atoms with van der Waals surface area (Å²) in [4.78, 5) is 11.6. The molecule has 1 N–H and O–H groups in total. The van der Waals surface area contributed by atoms with Gasteiger partial charge in [-0.1, -0.05) is 17.7 Å². The van der Waals surface area contributed by atoms with E-state index >= 15 is 0 Å². The number of aryl methyl sites for hydroxylation is 1. The Labute approximate surface area is 142 Å². The molecule has 8 heteroatoms. The zero-order valence-electron chi connectivity index (χ0n) is 14.0. The molecule has 0 bridgehead atoms. The molecule has 0 spiro atoms. The Hall–Kier alpha value is -1.47. The van der Waals surface area contributed by atoms with Gasteiger partial charge < -0.3 is 10.1 Å². The van der Waals surface area contributed by atoms with E-state index in [2.05, 4.69) is 5.32 Å². The average Bonchev–Trinajstić information content (AvgIpc) is 2.34. The lowest BCUT2D eigenvalue weighted by molar-refractivity contribution is 0.0529. The van der Waals surface area contributed by atoms with Gasteiger partial charge in [0.25, 0.3) is 0 Å². The number of ether oxygens (including phenoxy) is 1. The van der Waals surface area contributed by atoms with Crippen molar-refractivity contribution in [2.45, 2.75) is 33.3 Å². The number of halogens is 1. The fourth-order valence-electron chi connectivity index (χ4n) is 1.89. The molecular formula is C15H23ClN2O4S. The Kier molecular flexibility index (Phi) is 6.30. The van der Waals surface area contributed by atoms with Crippen molar-refractivity contribution in [1.29, 1.82) is 0 Å². The van der Waals surface area contributed by atoms with Crippen LogP contribution < -0.4 is 9.62 Å². The van der Waals surface area contributed by atoms with Crippen LogP contribution in [0.4, 0.5) is 10.5 Å². The second kappa shape index (κ2) is 7.40. The highest BCUT2D eigenvalue weighted by molar-refractivity contribution is 7.92. The molecule has 23 heavy (non-hydrogen) atoms. The van der Waals surface area contributed by atoms with Crippen LogP contribution in [0.5, 0.6) is 0 Å². The second-order valence-corrected chi connectivity index (χ2v) is 8.54. The van der Waals surface area contributed by atoms with Gasteiger partial charge in [-0.05, 0) is 45.4 Å². The first-order valence-electron chi connectivity index (χ1n) is 7.11. The molecule has 0 unspecified atom stereocenters. The van der Waals surface area contributed by atoms with Crippen LogP contribution in [0.3, 0.4) is 0 Å². The van der Waals surface area contributed by atoms with E-state index in [-0.39, 0.29) is 13.1 Å². The summed E-state index contributed by atoms with van der Waals surface area (Å²) < 4.78 is 30.4. The first kappa shape index (κ1) is 19.6. The van der Waals surface area contributed by atoms with E-state index in [0.717, 1.165) is 11.8 Å². The van der Waals surface area contributed by atoms with E-state index in [1.165, 1.54) is 4.31 Å². The normalized spacial score (nSPS) is 11.9. The van der Waals surface area contributed by atoms with Gasteiger partial charge in [-0.2, -0.15) is 0 Å². The number of sulfonamides is 1. The van der Waals surface area contributed by atoms with Gasteiger partial charge in [0.05, 0.1) is 18.5 Å². The summed E-state index contributed by atoms with van der Waals surface area (Å²) in [7, 11) is -3.51. The van der Waals surface area contributed by atoms with Gasteiger partial charge in [-0.15, -0.1) is 0 Å². The number of rotatable bonds is 5. The number of anilines is 1. The third-order valence-electron chi connectivity index (χ3n) is 2.82. The fraction of sp³-hybridized carbons (Fsp3) is 0.533. The summed E-state index contributed by atoms with van der Waals surface area (Å²) in [5, 5.41) is 2.99. The SMILES string of the molecule is Cc1ccc(Cl)cc1N(CCNC(=O)OC(C)(C)C)S(C)(=O)=O. The summed E-state index contributed by atoms with van der Waals surface area (Å²) in [5.74, 6) is 0. The van der Waals surface area contributed by atoms with Gasteiger partial charge in [-0.3, -0.25) is 4.31 Å². The minimum atomic E-state index is -3.51. The summed E-state index contributed by atoms with van der Waals surface area (Å²) in [6.07, 6.45) is 0.523. The molecule has 6 nitrogen and oxygen atoms in total. The lowest BCUT2D eigenvalue weighted by atomic mass is 10.2. The van der Waals surface area contributed by atoms with E-state index in [0.29, 0.717) is 10.7 Å². The van der Waals surface area contributed by atoms with E-state index in [1.807, 2.05) is 0 Å². The molecule has 1 aromatic rings. The standard InChI is InChI=1S/C15H23ClN2O4S/c1-11-6-7-12(16)10-13(11)18(23(5,20)21)9-8-17-14(19)22-15(2,3)4/h6-7,10H,8-9H2,1-5H3,(H,17,19). The first-order valence-corrected chi connectivity index (χ1v) is 9.33. The van der Waals surface area contributed by atoms with Crippen LogP contribution in [0, 0.1) is 6.92 Å². The molecule has 0 heterocycles. The monoisotopic (exact) mass is 362 g/mol. The van der Waals surface area contributed by atoms with E-state index < -0.39 is 21.7 Å². The van der Waals surface area contributed by atoms with Crippen molar-refractivity contribution in [1.82, 2.24) is 5.32 Å². The van der Waals surface area contributed by atoms with Crippen LogP contribution in [0.2, 0.25) is 5.02 Å². The third kappa shape index (κ3) is 6.66. The second-order valence-electron chi connectivity index (χ2n) is 6.19. The quantitative estimate of drug-likeness (QED) is 0.873. The number of nitrogens with zero attached hydrogens (tertiary/aromatic N) is 1. The molecule has 130 valence electrons. The molecule has 1 amide bonds. The number of hydrogen-bond donors (Lipinski definition) is 1. The number of alkyl carbamates (subject to hydrolysis) is 1. The molecule has 0 aliphatic heterocycles. The molecule has 0 radical (unpaired) electrons. The summed E-state index contributed by atoms with van der Waals surface area (Å²) in [5.41, 5.74) is 0.660. The van der Waals surface area contributed by atoms with Crippen molar-refractivity contribution < 1.29 is 17.9 Å². The highest BCUT2D eigenvalue weighted by Gasteiger charge is 2.21. The number of amides is 1. The van der Waals surface area contributed by atoms with Crippen molar-refractivity contribution in [3.05, 3.63) is 28.8 Å². The molecule has 1 aromatic carbocycles. The number of nitrogens with one attached hydrogen (secondary N) is 1. The Morgan fingerprint density at radius 1 is 1.35 bits per heavy atom. The number of carbonyl (C=O) groups is 1. The van der Waals surface area contributed by atoms with Crippen LogP contribution >= 0.6 is 11.6 Å². The molecule has 0 atom stereocenters. The first-order chi connectivity index (χ1) is 10.4. The predicted octanol–water partition coefficient (Wildman–Crippen LogP) is 2.94. The molecule has 0 aromatic heterocycles. The van der Waals surface area contributed by atoms with Crippen molar-refractivity contribution in [2.24, 2.45) is 0 Å². The van der Waals surface area contributed by atoms with Crippen molar-refractivity contribution in [3.8, 4) is 0 Å². The highest BCUT2D eigenvalue weighted by Crippen LogP contribution is 2.25. The van der Waals surface area contributed by atoms with Gasteiger partial charge in [0.2, 0.25) is 10.0 Å². The Morgan fingerprint density at radius 3 is 2.48 bits per heavy atom. The number of benzene rings is 1. The van der Waals surface area contributed by atoms with Crippen molar-refractivity contribution >= 4 is 33.4 Å². The highest BCUT2D eigenvalue weighted by atomic mass is 35.5. The van der Waals surface area contributed by atoms with E-state index in [1.54, 1.807) is 45.9 Å². The average molecular weight is 363 g/mol. The van der Waals surface area contributed by atoms with Gasteiger partial charge in [-0.25, -0.2) is 13.2 Å². The molecule has 1 rings (SSSR count). The Morgan fingerprint density at radius 2 is 1.96 bits per heavy atom. The van der Waals surface area contributed by atoms with E-state index in [4.69, 9.17) is 16.3 Å². The van der Waals surface area contributed by atoms with Crippen molar-refractivity contribution in [3.63, 3.8) is 0 Å². The number of carbonyl (C=O) groups excluding carboxylic acids is 1. The zero-order valence-corrected chi connectivity index (χ0v) is 15.6. The van der Waals surface area contributed by atoms with Crippen LogP contribution in [-0.4, -0.2) is 39.5 Å². The maximum atomic E-state index is 12.0. The summed E-state index contributed by atoms with van der Waals surface area (Å²) in [6.45, 7) is 7.26. The zero-order chi connectivity index (χ0) is 17.8. The van der Waals surface area contributed by atoms with Gasteiger partial charge in [0.15, 0.2) is 0 Å². The molecule has 0 saturated carbocycles. The van der Waals surface area contributed by atoms with Crippen LogP contribution in [-0.2, 0) is 14.8 Å². The van der Waals surface area contributed by atoms with Crippen LogP contribution in [0.25, 0.3) is 0 Å². The molecule has 0 saturated heterocycles. The minimum Gasteiger partial charge on any atom is -0.444 e. The van der Waals surface area contributed by atoms with Crippen molar-refractivity contribution in [2.75, 3.05) is 23.7 Å². The largest absolute Gasteiger partial charge is 0.444 e. The fourth-order valence-corrected chi connectivity index (χ4v) is 3.03. The Bertz CT molecular complexity index is 669. The lowest BCUT2D eigenvalue weighted by Crippen LogP contribution is -2.40. The summed E-state index contributed by atoms with van der Waals surface area (Å²) in [6, 6.07) is 5.03. The van der Waals surface area contributed by atoms with Gasteiger partial charge >= 0.3 is 6.09 Å². The molecule has 0 aliphatic carbocycles. The maximum absolute atomic E-state index is 12.0. The number of hydrogen-bond acceptors (Lipinski definition) is 4.